The van der Waals surface area contributed by atoms with Crippen LogP contribution in [0.25, 0.3) is 23.2 Å². The third-order valence-electron chi connectivity index (χ3n) is 4.30. The van der Waals surface area contributed by atoms with Gasteiger partial charge >= 0.3 is 6.18 Å². The first-order chi connectivity index (χ1) is 13.8. The number of pyridine rings is 1. The Morgan fingerprint density at radius 2 is 1.93 bits per heavy atom. The Morgan fingerprint density at radius 3 is 2.55 bits per heavy atom. The van der Waals surface area contributed by atoms with Crippen molar-refractivity contribution in [1.29, 1.82) is 0 Å². The van der Waals surface area contributed by atoms with Gasteiger partial charge in [0.25, 0.3) is 5.91 Å². The highest BCUT2D eigenvalue weighted by Crippen LogP contribution is 2.41. The number of halogens is 3. The van der Waals surface area contributed by atoms with Crippen LogP contribution < -0.4 is 5.73 Å². The Morgan fingerprint density at radius 1 is 1.21 bits per heavy atom. The monoisotopic (exact) mass is 401 g/mol. The molecule has 0 atom stereocenters. The van der Waals surface area contributed by atoms with Gasteiger partial charge in [-0.2, -0.15) is 13.2 Å². The number of primary amides is 1. The molecule has 1 aliphatic carbocycles. The first-order valence-electron chi connectivity index (χ1n) is 8.59. The van der Waals surface area contributed by atoms with Gasteiger partial charge in [0.15, 0.2) is 5.82 Å². The fourth-order valence-electron chi connectivity index (χ4n) is 2.73. The van der Waals surface area contributed by atoms with Gasteiger partial charge in [0, 0.05) is 41.3 Å². The second kappa shape index (κ2) is 7.08. The molecule has 3 aromatic rings. The van der Waals surface area contributed by atoms with E-state index in [4.69, 9.17) is 5.73 Å². The Bertz CT molecular complexity index is 1090. The van der Waals surface area contributed by atoms with Crippen LogP contribution >= 0.6 is 0 Å². The number of carbonyl (C=O) groups is 1. The first-order valence-corrected chi connectivity index (χ1v) is 8.59. The number of aromatic nitrogens is 6. The molecule has 3 aromatic heterocycles. The van der Waals surface area contributed by atoms with Crippen LogP contribution in [0.5, 0.6) is 0 Å². The molecule has 8 nitrogen and oxygen atoms in total. The molecular weight excluding hydrogens is 387 g/mol. The summed E-state index contributed by atoms with van der Waals surface area (Å²) in [7, 11) is 0. The number of alkyl halides is 3. The van der Waals surface area contributed by atoms with Crippen LogP contribution in [0, 0.1) is 0 Å². The van der Waals surface area contributed by atoms with Gasteiger partial charge in [-0.05, 0) is 25.0 Å². The van der Waals surface area contributed by atoms with Crippen molar-refractivity contribution in [3.63, 3.8) is 0 Å². The minimum absolute atomic E-state index is 0.0255. The van der Waals surface area contributed by atoms with Crippen LogP contribution in [0.4, 0.5) is 13.2 Å². The van der Waals surface area contributed by atoms with Crippen molar-refractivity contribution in [2.45, 2.75) is 24.9 Å². The Balaban J connectivity index is 1.72. The normalized spacial score (nSPS) is 14.8. The molecule has 11 heteroatoms. The maximum absolute atomic E-state index is 13.2. The molecule has 0 aliphatic heterocycles. The molecule has 1 amide bonds. The summed E-state index contributed by atoms with van der Waals surface area (Å²) in [6.45, 7) is 0. The lowest BCUT2D eigenvalue weighted by atomic mass is 10.1. The fourth-order valence-corrected chi connectivity index (χ4v) is 2.73. The second-order valence-electron chi connectivity index (χ2n) is 6.52. The average molecular weight is 401 g/mol. The van der Waals surface area contributed by atoms with Crippen molar-refractivity contribution in [3.05, 3.63) is 54.1 Å². The summed E-state index contributed by atoms with van der Waals surface area (Å²) in [5.41, 5.74) is 5.44. The number of carbonyl (C=O) groups excluding carboxylic acids is 1. The third-order valence-corrected chi connectivity index (χ3v) is 4.30. The molecule has 0 spiro atoms. The Labute approximate surface area is 162 Å². The lowest BCUT2D eigenvalue weighted by molar-refractivity contribution is -0.141. The van der Waals surface area contributed by atoms with E-state index in [-0.39, 0.29) is 22.9 Å². The van der Waals surface area contributed by atoms with Crippen molar-refractivity contribution in [3.8, 4) is 11.4 Å². The van der Waals surface area contributed by atoms with E-state index in [1.54, 1.807) is 6.07 Å². The highest BCUT2D eigenvalue weighted by atomic mass is 19.4. The van der Waals surface area contributed by atoms with E-state index in [0.29, 0.717) is 11.3 Å². The molecule has 29 heavy (non-hydrogen) atoms. The minimum Gasteiger partial charge on any atom is -0.366 e. The first kappa shape index (κ1) is 18.7. The van der Waals surface area contributed by atoms with E-state index in [1.165, 1.54) is 35.9 Å². The summed E-state index contributed by atoms with van der Waals surface area (Å²) in [5.74, 6) is -0.641. The van der Waals surface area contributed by atoms with Crippen molar-refractivity contribution < 1.29 is 18.0 Å². The lowest BCUT2D eigenvalue weighted by Gasteiger charge is -2.09. The van der Waals surface area contributed by atoms with Crippen LogP contribution in [0.3, 0.4) is 0 Å². The average Bonchev–Trinajstić information content (AvgIpc) is 3.44. The fraction of sp³-hybridized carbons (Fsp3) is 0.222. The molecule has 1 fully saturated rings. The van der Waals surface area contributed by atoms with E-state index in [1.807, 2.05) is 0 Å². The van der Waals surface area contributed by atoms with Crippen molar-refractivity contribution in [1.82, 2.24) is 29.7 Å². The summed E-state index contributed by atoms with van der Waals surface area (Å²) in [6, 6.07) is 2.48. The van der Waals surface area contributed by atoms with E-state index in [9.17, 15) is 18.0 Å². The van der Waals surface area contributed by atoms with Crippen LogP contribution in [-0.2, 0) is 11.0 Å². The van der Waals surface area contributed by atoms with Crippen LogP contribution in [-0.4, -0.2) is 35.6 Å². The van der Waals surface area contributed by atoms with Gasteiger partial charge in [-0.1, -0.05) is 0 Å². The maximum Gasteiger partial charge on any atom is 0.433 e. The highest BCUT2D eigenvalue weighted by molar-refractivity contribution is 6.22. The third kappa shape index (κ3) is 4.13. The Hall–Kier alpha value is -3.63. The zero-order chi connectivity index (χ0) is 20.6. The number of nitrogens with zero attached hydrogens (tertiary/aromatic N) is 6. The van der Waals surface area contributed by atoms with Gasteiger partial charge in [0.05, 0.1) is 5.57 Å². The predicted molar refractivity (Wildman–Crippen MR) is 95.6 cm³/mol. The summed E-state index contributed by atoms with van der Waals surface area (Å²) in [4.78, 5) is 27.2. The summed E-state index contributed by atoms with van der Waals surface area (Å²) in [6.07, 6.45) is 3.73. The molecule has 1 aliphatic rings. The molecule has 2 N–H and O–H groups in total. The predicted octanol–water partition coefficient (Wildman–Crippen LogP) is 2.51. The summed E-state index contributed by atoms with van der Waals surface area (Å²) in [5, 5.41) is 4.16. The van der Waals surface area contributed by atoms with E-state index in [0.717, 1.165) is 18.9 Å². The summed E-state index contributed by atoms with van der Waals surface area (Å²) < 4.78 is 40.9. The largest absolute Gasteiger partial charge is 0.433 e. The molecule has 1 saturated carbocycles. The van der Waals surface area contributed by atoms with Crippen LogP contribution in [0.1, 0.15) is 35.7 Å². The van der Waals surface area contributed by atoms with Crippen molar-refractivity contribution >= 4 is 17.7 Å². The van der Waals surface area contributed by atoms with Gasteiger partial charge in [-0.25, -0.2) is 24.6 Å². The number of amides is 1. The maximum atomic E-state index is 13.2. The van der Waals surface area contributed by atoms with E-state index < -0.39 is 17.8 Å². The van der Waals surface area contributed by atoms with Gasteiger partial charge in [0.1, 0.15) is 18.3 Å². The van der Waals surface area contributed by atoms with Gasteiger partial charge in [0.2, 0.25) is 0 Å². The SMILES string of the molecule is NC(=O)/C(=C/n1cnc(-c2cc(C3CC3)nc(C(F)(F)F)c2)n1)c1cncnc1. The smallest absolute Gasteiger partial charge is 0.366 e. The van der Waals surface area contributed by atoms with Gasteiger partial charge in [-0.3, -0.25) is 4.79 Å². The van der Waals surface area contributed by atoms with Gasteiger partial charge in [-0.15, -0.1) is 5.10 Å². The molecular formula is C18H14F3N7O. The molecule has 0 saturated heterocycles. The zero-order valence-corrected chi connectivity index (χ0v) is 14.8. The molecule has 0 radical (unpaired) electrons. The second-order valence-corrected chi connectivity index (χ2v) is 6.52. The molecule has 4 rings (SSSR count). The highest BCUT2D eigenvalue weighted by Gasteiger charge is 2.35. The topological polar surface area (TPSA) is 112 Å². The standard InChI is InChI=1S/C18H14F3N7O/c19-18(20,21)15-4-11(3-14(26-15)10-1-2-10)17-25-9-28(27-17)7-13(16(22)29)12-5-23-8-24-6-12/h3-10H,1-2H2,(H2,22,29)/b13-7+. The number of hydrogen-bond acceptors (Lipinski definition) is 6. The number of nitrogens with two attached hydrogens (primary N) is 1. The lowest BCUT2D eigenvalue weighted by Crippen LogP contribution is -2.14. The van der Waals surface area contributed by atoms with Crippen LogP contribution in [0.15, 0.2) is 37.2 Å². The van der Waals surface area contributed by atoms with Crippen molar-refractivity contribution in [2.24, 2.45) is 5.73 Å². The molecule has 0 bridgehead atoms. The van der Waals surface area contributed by atoms with E-state index in [2.05, 4.69) is 25.0 Å². The molecule has 0 aromatic carbocycles. The van der Waals surface area contributed by atoms with E-state index >= 15 is 0 Å². The quantitative estimate of drug-likeness (QED) is 0.658. The zero-order valence-electron chi connectivity index (χ0n) is 14.8. The molecule has 3 heterocycles. The molecule has 148 valence electrons. The number of hydrogen-bond donors (Lipinski definition) is 1. The van der Waals surface area contributed by atoms with Gasteiger partial charge < -0.3 is 5.73 Å². The minimum atomic E-state index is -4.57. The number of rotatable bonds is 5. The summed E-state index contributed by atoms with van der Waals surface area (Å²) >= 11 is 0. The van der Waals surface area contributed by atoms with Crippen LogP contribution in [0.2, 0.25) is 0 Å². The van der Waals surface area contributed by atoms with Crippen molar-refractivity contribution in [2.75, 3.05) is 0 Å². The molecule has 0 unspecified atom stereocenters. The Kier molecular flexibility index (Phi) is 4.57.